The number of nitrogens with one attached hydrogen (secondary N) is 1. The monoisotopic (exact) mass is 886 g/mol. The molecule has 18 heteroatoms. The number of nitrogens with zero attached hydrogens (tertiary/aromatic N) is 9. The molecule has 1 saturated carbocycles. The molecule has 15 nitrogen and oxygen atoms in total. The smallest absolute Gasteiger partial charge is 0.376 e. The van der Waals surface area contributed by atoms with Crippen molar-refractivity contribution >= 4 is 27.7 Å². The number of H-pyrrole nitrogens is 1. The van der Waals surface area contributed by atoms with E-state index in [1.54, 1.807) is 39.1 Å². The van der Waals surface area contributed by atoms with Gasteiger partial charge >= 0.3 is 11.4 Å². The Kier molecular flexibility index (Phi) is 8.96. The molecule has 0 spiro atoms. The lowest BCUT2D eigenvalue weighted by molar-refractivity contribution is -0.0592. The van der Waals surface area contributed by atoms with Crippen LogP contribution in [0.25, 0.3) is 39.0 Å². The Morgan fingerprint density at radius 1 is 0.954 bits per heavy atom. The molecule has 65 heavy (non-hydrogen) atoms. The minimum atomic E-state index is -1.81. The fourth-order valence-electron chi connectivity index (χ4n) is 10.4. The van der Waals surface area contributed by atoms with Gasteiger partial charge in [-0.2, -0.15) is 10.2 Å². The van der Waals surface area contributed by atoms with Gasteiger partial charge in [0.25, 0.3) is 5.91 Å². The predicted octanol–water partition coefficient (Wildman–Crippen LogP) is 7.35. The zero-order valence-corrected chi connectivity index (χ0v) is 36.5. The first-order valence-electron chi connectivity index (χ1n) is 21.6. The Hall–Kier alpha value is -6.95. The van der Waals surface area contributed by atoms with Crippen LogP contribution in [0, 0.1) is 31.4 Å². The number of rotatable bonds is 7. The molecule has 1 N–H and O–H groups in total. The van der Waals surface area contributed by atoms with Gasteiger partial charge in [-0.05, 0) is 118 Å². The topological polar surface area (TPSA) is 156 Å². The highest BCUT2D eigenvalue weighted by molar-refractivity contribution is 5.99. The van der Waals surface area contributed by atoms with Crippen LogP contribution in [0.5, 0.6) is 0 Å². The van der Waals surface area contributed by atoms with Crippen molar-refractivity contribution in [3.05, 3.63) is 139 Å². The molecule has 3 aromatic carbocycles. The van der Waals surface area contributed by atoms with Crippen molar-refractivity contribution in [3.63, 3.8) is 0 Å². The average Bonchev–Trinajstić information content (AvgIpc) is 3.90. The van der Waals surface area contributed by atoms with Crippen LogP contribution in [0.2, 0.25) is 0 Å². The van der Waals surface area contributed by atoms with Crippen LogP contribution in [0.4, 0.5) is 13.2 Å². The van der Waals surface area contributed by atoms with Crippen LogP contribution in [-0.4, -0.2) is 73.0 Å². The van der Waals surface area contributed by atoms with E-state index in [9.17, 15) is 9.59 Å². The number of halogens is 3. The largest absolute Gasteiger partial charge is 0.438 e. The molecular formula is C47H45F3N10O5. The first kappa shape index (κ1) is 40.8. The Labute approximate surface area is 368 Å². The number of imidazole rings is 1. The molecule has 2 fully saturated rings. The number of hydrogen-bond acceptors (Lipinski definition) is 8. The number of aromatic amines is 1. The second-order valence-electron chi connectivity index (χ2n) is 18.5. The van der Waals surface area contributed by atoms with Crippen molar-refractivity contribution in [1.82, 2.24) is 48.3 Å². The van der Waals surface area contributed by atoms with Gasteiger partial charge in [0.1, 0.15) is 28.6 Å². The molecular weight excluding hydrogens is 842 g/mol. The first-order valence-corrected chi connectivity index (χ1v) is 21.6. The van der Waals surface area contributed by atoms with E-state index in [1.807, 2.05) is 23.6 Å². The van der Waals surface area contributed by atoms with Gasteiger partial charge in [0.2, 0.25) is 0 Å². The van der Waals surface area contributed by atoms with Gasteiger partial charge in [0.15, 0.2) is 17.8 Å². The van der Waals surface area contributed by atoms with Gasteiger partial charge in [-0.25, -0.2) is 27.4 Å². The van der Waals surface area contributed by atoms with Crippen LogP contribution in [-0.2, 0) is 23.9 Å². The summed E-state index contributed by atoms with van der Waals surface area (Å²) in [5.74, 6) is -1.78. The van der Waals surface area contributed by atoms with E-state index in [4.69, 9.17) is 14.4 Å². The van der Waals surface area contributed by atoms with Crippen LogP contribution >= 0.6 is 0 Å². The molecule has 1 amide bonds. The fraction of sp³-hybridized carbons (Fsp3) is 0.362. The number of carbonyl (C=O) groups excluding carboxylic acids is 1. The van der Waals surface area contributed by atoms with Gasteiger partial charge in [-0.15, -0.1) is 0 Å². The highest BCUT2D eigenvalue weighted by atomic mass is 19.1. The predicted molar refractivity (Wildman–Crippen MR) is 233 cm³/mol. The number of alkyl halides is 1. The number of fused-ring (bicyclic) bond motifs is 3. The first-order chi connectivity index (χ1) is 31.0. The van der Waals surface area contributed by atoms with Crippen molar-refractivity contribution in [2.45, 2.75) is 83.7 Å². The lowest BCUT2D eigenvalue weighted by Crippen LogP contribution is -2.40. The van der Waals surface area contributed by atoms with Gasteiger partial charge in [-0.3, -0.25) is 28.1 Å². The summed E-state index contributed by atoms with van der Waals surface area (Å²) in [6.07, 6.45) is 4.61. The van der Waals surface area contributed by atoms with Crippen LogP contribution < -0.4 is 11.4 Å². The highest BCUT2D eigenvalue weighted by Crippen LogP contribution is 2.56. The van der Waals surface area contributed by atoms with Crippen molar-refractivity contribution in [3.8, 4) is 17.2 Å². The molecule has 0 radical (unpaired) electrons. The average molecular weight is 887 g/mol. The zero-order valence-electron chi connectivity index (χ0n) is 36.5. The maximum Gasteiger partial charge on any atom is 0.438 e. The van der Waals surface area contributed by atoms with Crippen LogP contribution in [0.3, 0.4) is 0 Å². The Morgan fingerprint density at radius 2 is 1.69 bits per heavy atom. The molecule has 0 bridgehead atoms. The van der Waals surface area contributed by atoms with E-state index >= 15 is 18.0 Å². The van der Waals surface area contributed by atoms with Crippen molar-refractivity contribution in [2.75, 3.05) is 13.2 Å². The molecule has 334 valence electrons. The number of ether oxygens (including phenoxy) is 1. The molecule has 2 aliphatic heterocycles. The summed E-state index contributed by atoms with van der Waals surface area (Å²) < 4.78 is 66.3. The summed E-state index contributed by atoms with van der Waals surface area (Å²) in [6.45, 7) is 9.43. The second kappa shape index (κ2) is 14.3. The summed E-state index contributed by atoms with van der Waals surface area (Å²) in [4.78, 5) is 46.4. The minimum Gasteiger partial charge on any atom is -0.376 e. The van der Waals surface area contributed by atoms with Crippen molar-refractivity contribution in [1.29, 1.82) is 0 Å². The Morgan fingerprint density at radius 3 is 2.40 bits per heavy atom. The lowest BCUT2D eigenvalue weighted by Gasteiger charge is -2.35. The number of benzene rings is 3. The molecule has 1 aliphatic carbocycles. The van der Waals surface area contributed by atoms with Gasteiger partial charge in [0, 0.05) is 42.5 Å². The number of carbonyl (C=O) groups is 1. The maximum absolute atomic E-state index is 17.0. The van der Waals surface area contributed by atoms with E-state index in [-0.39, 0.29) is 70.2 Å². The molecule has 0 unspecified atom stereocenters. The normalized spacial score (nSPS) is 21.7. The number of aryl methyl sites for hydroxylation is 3. The second-order valence-corrected chi connectivity index (χ2v) is 18.5. The molecule has 5 aromatic heterocycles. The van der Waals surface area contributed by atoms with E-state index < -0.39 is 40.7 Å². The standard InChI is InChI=1S/C47H45F3N10O5/c1-24-15-30(16-25(2)38(24)49)60-41(58-13-12-57(45(58)63)36-10-9-35-31(39(36)50)21-51-55(35)6)32-22-56(23-33(48)40(32)53-60)42(61)37-18-29-17-27(28-11-14-64-46(4,5)20-28)7-8-34(29)59(37)47(19-26(47)3)43-52-44(62)65-54-43/h7-10,12-13,15-18,21,26,28,33H,11,14,19-20,22-23H2,1-6H3,(H,52,54,62)/t26-,28-,33+,47-/m0/s1. The van der Waals surface area contributed by atoms with E-state index in [0.29, 0.717) is 35.4 Å². The summed E-state index contributed by atoms with van der Waals surface area (Å²) in [5.41, 5.74) is 1.84. The quantitative estimate of drug-likeness (QED) is 0.174. The fourth-order valence-corrected chi connectivity index (χ4v) is 10.4. The van der Waals surface area contributed by atoms with Gasteiger partial charge in [0.05, 0.1) is 47.2 Å². The third-order valence-corrected chi connectivity index (χ3v) is 13.8. The summed E-state index contributed by atoms with van der Waals surface area (Å²) in [6, 6.07) is 14.2. The SMILES string of the molecule is Cc1cc(-n2nc3c(c2-n2ccn(-c4ccc5c(cnn5C)c4F)c2=O)CN(C(=O)c2cc4cc([C@H]5CCOC(C)(C)C5)ccc4n2[C@@]2(c4noc(=O)[nH]4)C[C@@H]2C)C[C@H]3F)cc(C)c1F. The van der Waals surface area contributed by atoms with Crippen LogP contribution in [0.1, 0.15) is 96.4 Å². The summed E-state index contributed by atoms with van der Waals surface area (Å²) in [7, 11) is 1.69. The van der Waals surface area contributed by atoms with E-state index in [2.05, 4.69) is 41.2 Å². The maximum atomic E-state index is 17.0. The Balaban J connectivity index is 1.06. The highest BCUT2D eigenvalue weighted by Gasteiger charge is 2.59. The number of hydrogen-bond donors (Lipinski definition) is 1. The van der Waals surface area contributed by atoms with Gasteiger partial charge in [-0.1, -0.05) is 18.1 Å². The molecule has 11 rings (SSSR count). The minimum absolute atomic E-state index is 0.00307. The third kappa shape index (κ3) is 6.20. The molecule has 1 saturated heterocycles. The van der Waals surface area contributed by atoms with E-state index in [0.717, 1.165) is 33.9 Å². The number of aromatic nitrogens is 9. The van der Waals surface area contributed by atoms with E-state index in [1.165, 1.54) is 43.5 Å². The zero-order chi connectivity index (χ0) is 45.4. The summed E-state index contributed by atoms with van der Waals surface area (Å²) >= 11 is 0. The molecule has 4 atom stereocenters. The van der Waals surface area contributed by atoms with Gasteiger partial charge < -0.3 is 14.2 Å². The Bertz CT molecular complexity index is 3380. The summed E-state index contributed by atoms with van der Waals surface area (Å²) in [5, 5.41) is 14.0. The molecule has 7 heterocycles. The number of amides is 1. The lowest BCUT2D eigenvalue weighted by atomic mass is 9.83. The molecule has 3 aliphatic rings. The van der Waals surface area contributed by atoms with Crippen molar-refractivity contribution < 1.29 is 27.2 Å². The molecule has 8 aromatic rings. The van der Waals surface area contributed by atoms with Crippen molar-refractivity contribution in [2.24, 2.45) is 13.0 Å². The van der Waals surface area contributed by atoms with Crippen LogP contribution in [0.15, 0.2) is 81.2 Å². The third-order valence-electron chi connectivity index (χ3n) is 13.8.